The molecule has 4 saturated carbocycles. The zero-order valence-electron chi connectivity index (χ0n) is 23.2. The number of rotatable bonds is 7. The summed E-state index contributed by atoms with van der Waals surface area (Å²) in [6, 6.07) is 21.8. The van der Waals surface area contributed by atoms with Crippen molar-refractivity contribution in [1.82, 2.24) is 15.1 Å². The van der Waals surface area contributed by atoms with E-state index in [0.717, 1.165) is 63.8 Å². The standard InChI is InChI=1S/C34H43N3O2/c38-30(20-33-16-27-15-28(17-33)19-34(18-27,23-33)29-9-5-2-6-10-29)35-21-31(39)37-14-12-32(25-37)11-13-36(24-32)22-26-7-3-1-4-8-26/h1-10,27-28H,11-25H2,(H,35,38). The molecule has 8 rings (SSSR count). The second-order valence-electron chi connectivity index (χ2n) is 14.1. The van der Waals surface area contributed by atoms with Crippen molar-refractivity contribution in [3.63, 3.8) is 0 Å². The Morgan fingerprint density at radius 3 is 2.28 bits per heavy atom. The predicted molar refractivity (Wildman–Crippen MR) is 153 cm³/mol. The fourth-order valence-corrected chi connectivity index (χ4v) is 9.96. The Bertz CT molecular complexity index is 1200. The van der Waals surface area contributed by atoms with Crippen molar-refractivity contribution in [2.75, 3.05) is 32.7 Å². The molecule has 1 N–H and O–H groups in total. The number of carbonyl (C=O) groups is 2. The van der Waals surface area contributed by atoms with Gasteiger partial charge in [-0.25, -0.2) is 0 Å². The zero-order valence-corrected chi connectivity index (χ0v) is 23.2. The van der Waals surface area contributed by atoms with E-state index in [2.05, 4.69) is 70.9 Å². The van der Waals surface area contributed by atoms with E-state index >= 15 is 0 Å². The molecule has 6 fully saturated rings. The maximum Gasteiger partial charge on any atom is 0.241 e. The first-order chi connectivity index (χ1) is 18.9. The van der Waals surface area contributed by atoms with Crippen LogP contribution in [-0.2, 0) is 21.5 Å². The lowest BCUT2D eigenvalue weighted by atomic mass is 9.42. The van der Waals surface area contributed by atoms with Crippen molar-refractivity contribution in [2.45, 2.75) is 69.7 Å². The van der Waals surface area contributed by atoms with Crippen LogP contribution < -0.4 is 5.32 Å². The maximum atomic E-state index is 13.3. The van der Waals surface area contributed by atoms with Gasteiger partial charge < -0.3 is 10.2 Å². The maximum absolute atomic E-state index is 13.3. The van der Waals surface area contributed by atoms with E-state index in [4.69, 9.17) is 0 Å². The van der Waals surface area contributed by atoms with E-state index in [-0.39, 0.29) is 34.6 Å². The van der Waals surface area contributed by atoms with Crippen molar-refractivity contribution in [3.05, 3.63) is 71.8 Å². The Morgan fingerprint density at radius 2 is 1.54 bits per heavy atom. The molecule has 0 aromatic heterocycles. The van der Waals surface area contributed by atoms with Crippen LogP contribution in [0.25, 0.3) is 0 Å². The number of hydrogen-bond acceptors (Lipinski definition) is 3. The molecule has 5 nitrogen and oxygen atoms in total. The van der Waals surface area contributed by atoms with Crippen LogP contribution in [0.15, 0.2) is 60.7 Å². The molecule has 2 amide bonds. The Morgan fingerprint density at radius 1 is 0.846 bits per heavy atom. The van der Waals surface area contributed by atoms with Crippen LogP contribution in [0.3, 0.4) is 0 Å². The summed E-state index contributed by atoms with van der Waals surface area (Å²) >= 11 is 0. The van der Waals surface area contributed by atoms with Crippen LogP contribution in [0.5, 0.6) is 0 Å². The fourth-order valence-electron chi connectivity index (χ4n) is 9.96. The third-order valence-electron chi connectivity index (χ3n) is 11.1. The molecule has 4 bridgehead atoms. The van der Waals surface area contributed by atoms with Gasteiger partial charge in [-0.3, -0.25) is 14.5 Å². The summed E-state index contributed by atoms with van der Waals surface area (Å²) in [6.07, 6.45) is 10.2. The molecule has 5 heteroatoms. The van der Waals surface area contributed by atoms with E-state index in [1.165, 1.54) is 43.2 Å². The highest BCUT2D eigenvalue weighted by Gasteiger charge is 2.58. The van der Waals surface area contributed by atoms with Crippen LogP contribution in [0.1, 0.15) is 68.9 Å². The molecule has 39 heavy (non-hydrogen) atoms. The van der Waals surface area contributed by atoms with E-state index in [1.54, 1.807) is 0 Å². The monoisotopic (exact) mass is 525 g/mol. The second-order valence-corrected chi connectivity index (χ2v) is 14.1. The van der Waals surface area contributed by atoms with Crippen molar-refractivity contribution >= 4 is 11.8 Å². The number of hydrogen-bond donors (Lipinski definition) is 1. The van der Waals surface area contributed by atoms with Gasteiger partial charge in [0.15, 0.2) is 0 Å². The predicted octanol–water partition coefficient (Wildman–Crippen LogP) is 5.16. The molecule has 3 atom stereocenters. The lowest BCUT2D eigenvalue weighted by molar-refractivity contribution is -0.136. The highest BCUT2D eigenvalue weighted by atomic mass is 16.2. The van der Waals surface area contributed by atoms with Crippen molar-refractivity contribution in [3.8, 4) is 0 Å². The van der Waals surface area contributed by atoms with Gasteiger partial charge in [0.05, 0.1) is 6.54 Å². The quantitative estimate of drug-likeness (QED) is 0.544. The third kappa shape index (κ3) is 4.92. The Hall–Kier alpha value is -2.66. The van der Waals surface area contributed by atoms with Crippen LogP contribution in [0.2, 0.25) is 0 Å². The summed E-state index contributed by atoms with van der Waals surface area (Å²) in [5.74, 6) is 1.66. The van der Waals surface area contributed by atoms with Gasteiger partial charge in [0.25, 0.3) is 0 Å². The molecular formula is C34H43N3O2. The minimum Gasteiger partial charge on any atom is -0.347 e. The normalized spacial score (nSPS) is 35.1. The molecule has 2 saturated heterocycles. The summed E-state index contributed by atoms with van der Waals surface area (Å²) in [6.45, 7) is 4.95. The molecule has 2 heterocycles. The molecule has 2 aliphatic heterocycles. The number of nitrogens with zero attached hydrogens (tertiary/aromatic N) is 2. The summed E-state index contributed by atoms with van der Waals surface area (Å²) in [5, 5.41) is 3.07. The Labute approximate surface area is 233 Å². The van der Waals surface area contributed by atoms with Crippen molar-refractivity contribution in [2.24, 2.45) is 22.7 Å². The van der Waals surface area contributed by atoms with Gasteiger partial charge in [0, 0.05) is 38.0 Å². The van der Waals surface area contributed by atoms with Gasteiger partial charge in [-0.1, -0.05) is 60.7 Å². The SMILES string of the molecule is O=C(CC12CC3CC(C1)CC(c1ccccc1)(C3)C2)NCC(=O)N1CCC2(CCN(Cc3ccccc3)C2)C1. The van der Waals surface area contributed by atoms with Gasteiger partial charge in [0.1, 0.15) is 0 Å². The summed E-state index contributed by atoms with van der Waals surface area (Å²) < 4.78 is 0. The van der Waals surface area contributed by atoms with Crippen molar-refractivity contribution in [1.29, 1.82) is 0 Å². The van der Waals surface area contributed by atoms with E-state index in [9.17, 15) is 9.59 Å². The molecule has 1 spiro atoms. The topological polar surface area (TPSA) is 52.7 Å². The summed E-state index contributed by atoms with van der Waals surface area (Å²) in [4.78, 5) is 31.0. The number of carbonyl (C=O) groups excluding carboxylic acids is 2. The molecule has 6 aliphatic rings. The largest absolute Gasteiger partial charge is 0.347 e. The molecule has 4 aliphatic carbocycles. The first-order valence-corrected chi connectivity index (χ1v) is 15.3. The van der Waals surface area contributed by atoms with Gasteiger partial charge in [-0.15, -0.1) is 0 Å². The van der Waals surface area contributed by atoms with Gasteiger partial charge in [-0.05, 0) is 91.7 Å². The second kappa shape index (κ2) is 9.76. The smallest absolute Gasteiger partial charge is 0.241 e. The lowest BCUT2D eigenvalue weighted by Crippen LogP contribution is -2.55. The lowest BCUT2D eigenvalue weighted by Gasteiger charge is -2.62. The van der Waals surface area contributed by atoms with Crippen LogP contribution >= 0.6 is 0 Å². The number of nitrogens with one attached hydrogen (secondary N) is 1. The Balaban J connectivity index is 0.926. The van der Waals surface area contributed by atoms with E-state index in [0.29, 0.717) is 6.42 Å². The van der Waals surface area contributed by atoms with Gasteiger partial charge >= 0.3 is 0 Å². The highest BCUT2D eigenvalue weighted by Crippen LogP contribution is 2.66. The average Bonchev–Trinajstić information content (AvgIpc) is 3.53. The van der Waals surface area contributed by atoms with E-state index in [1.807, 2.05) is 4.90 Å². The molecule has 3 unspecified atom stereocenters. The number of benzene rings is 2. The molecule has 2 aromatic rings. The number of likely N-dealkylation sites (tertiary alicyclic amines) is 2. The zero-order chi connectivity index (χ0) is 26.5. The van der Waals surface area contributed by atoms with E-state index < -0.39 is 0 Å². The first-order valence-electron chi connectivity index (χ1n) is 15.3. The Kier molecular flexibility index (Phi) is 6.34. The van der Waals surface area contributed by atoms with Gasteiger partial charge in [0.2, 0.25) is 11.8 Å². The minimum absolute atomic E-state index is 0.0809. The van der Waals surface area contributed by atoms with Crippen molar-refractivity contribution < 1.29 is 9.59 Å². The molecule has 2 aromatic carbocycles. The summed E-state index contributed by atoms with van der Waals surface area (Å²) in [7, 11) is 0. The fraction of sp³-hybridized carbons (Fsp3) is 0.588. The molecule has 206 valence electrons. The summed E-state index contributed by atoms with van der Waals surface area (Å²) in [5.41, 5.74) is 3.42. The van der Waals surface area contributed by atoms with Crippen LogP contribution in [0.4, 0.5) is 0 Å². The van der Waals surface area contributed by atoms with Gasteiger partial charge in [-0.2, -0.15) is 0 Å². The minimum atomic E-state index is 0.0809. The number of amides is 2. The first kappa shape index (κ1) is 25.3. The third-order valence-corrected chi connectivity index (χ3v) is 11.1. The molecular weight excluding hydrogens is 482 g/mol. The average molecular weight is 526 g/mol. The highest BCUT2D eigenvalue weighted by molar-refractivity contribution is 5.85. The molecule has 0 radical (unpaired) electrons. The van der Waals surface area contributed by atoms with Crippen LogP contribution in [-0.4, -0.2) is 54.3 Å². The van der Waals surface area contributed by atoms with Crippen LogP contribution in [0, 0.1) is 22.7 Å².